The second-order valence-electron chi connectivity index (χ2n) is 3.96. The summed E-state index contributed by atoms with van der Waals surface area (Å²) in [6.07, 6.45) is 11.8. The summed E-state index contributed by atoms with van der Waals surface area (Å²) in [6.45, 7) is 4.60. The van der Waals surface area contributed by atoms with Crippen molar-refractivity contribution in [1.82, 2.24) is 0 Å². The van der Waals surface area contributed by atoms with E-state index in [4.69, 9.17) is 0 Å². The Kier molecular flexibility index (Phi) is 20.0. The molecule has 0 aromatic carbocycles. The van der Waals surface area contributed by atoms with Gasteiger partial charge in [-0.05, 0) is 0 Å². The zero-order valence-electron chi connectivity index (χ0n) is 10.0. The van der Waals surface area contributed by atoms with Crippen molar-refractivity contribution in [3.63, 3.8) is 0 Å². The van der Waals surface area contributed by atoms with E-state index in [0.29, 0.717) is 0 Å². The van der Waals surface area contributed by atoms with Crippen molar-refractivity contribution >= 4 is 15.2 Å². The topological polar surface area (TPSA) is 0 Å². The van der Waals surface area contributed by atoms with Crippen LogP contribution in [0.25, 0.3) is 0 Å². The molecule has 0 saturated heterocycles. The van der Waals surface area contributed by atoms with Gasteiger partial charge in [0.1, 0.15) is 0 Å². The van der Waals surface area contributed by atoms with E-state index in [1.54, 1.807) is 5.28 Å². The Balaban J connectivity index is 0. The molecule has 0 aliphatic carbocycles. The van der Waals surface area contributed by atoms with E-state index < -0.39 is 0 Å². The van der Waals surface area contributed by atoms with Gasteiger partial charge in [-0.25, -0.2) is 0 Å². The Labute approximate surface area is 103 Å². The molecule has 0 fully saturated rings. The van der Waals surface area contributed by atoms with E-state index in [1.165, 1.54) is 56.6 Å². The van der Waals surface area contributed by atoms with E-state index >= 15 is 0 Å². The monoisotopic (exact) mass is 232 g/mol. The van der Waals surface area contributed by atoms with Crippen LogP contribution in [0.15, 0.2) is 0 Å². The Morgan fingerprint density at radius 3 is 1.71 bits per heavy atom. The molecule has 0 N–H and O–H groups in total. The van der Waals surface area contributed by atoms with Crippen LogP contribution >= 0.6 is 0 Å². The molecule has 0 rings (SSSR count). The molecule has 0 spiro atoms. The van der Waals surface area contributed by atoms with Crippen molar-refractivity contribution in [3.8, 4) is 0 Å². The van der Waals surface area contributed by atoms with E-state index in [0.717, 1.165) is 15.2 Å². The summed E-state index contributed by atoms with van der Waals surface area (Å²) in [5, 5.41) is 3.00. The third kappa shape index (κ3) is 15.3. The molecule has 2 heteroatoms. The first-order valence-electron chi connectivity index (χ1n) is 6.23. The van der Waals surface area contributed by atoms with Crippen LogP contribution in [0, 0.1) is 0 Å². The molecular formula is C12H26AlCl. The summed E-state index contributed by atoms with van der Waals surface area (Å²) >= 11 is 0.801. The molecule has 0 heterocycles. The average molecular weight is 233 g/mol. The maximum atomic E-state index is 2.32. The largest absolute Gasteiger partial charge is 1.00 e. The Hall–Kier alpha value is 0.822. The van der Waals surface area contributed by atoms with Crippen molar-refractivity contribution in [2.45, 2.75) is 75.8 Å². The summed E-state index contributed by atoms with van der Waals surface area (Å²) in [4.78, 5) is 0. The zero-order valence-corrected chi connectivity index (χ0v) is 11.9. The van der Waals surface area contributed by atoms with Crippen LogP contribution in [0.4, 0.5) is 0 Å². The van der Waals surface area contributed by atoms with Gasteiger partial charge < -0.3 is 12.4 Å². The van der Waals surface area contributed by atoms with E-state index in [2.05, 4.69) is 13.8 Å². The molecular weight excluding hydrogens is 207 g/mol. The van der Waals surface area contributed by atoms with Crippen molar-refractivity contribution in [2.75, 3.05) is 0 Å². The van der Waals surface area contributed by atoms with Crippen LogP contribution in [0.1, 0.15) is 65.2 Å². The van der Waals surface area contributed by atoms with Gasteiger partial charge >= 0.3 is 91.0 Å². The van der Waals surface area contributed by atoms with Gasteiger partial charge in [-0.1, -0.05) is 0 Å². The molecule has 14 heavy (non-hydrogen) atoms. The second-order valence-corrected chi connectivity index (χ2v) is 5.93. The van der Waals surface area contributed by atoms with Gasteiger partial charge in [0.2, 0.25) is 0 Å². The zero-order chi connectivity index (χ0) is 9.78. The van der Waals surface area contributed by atoms with Gasteiger partial charge in [0.05, 0.1) is 0 Å². The predicted molar refractivity (Wildman–Crippen MR) is 63.7 cm³/mol. The molecule has 0 radical (unpaired) electrons. The minimum absolute atomic E-state index is 0. The fourth-order valence-corrected chi connectivity index (χ4v) is 2.61. The van der Waals surface area contributed by atoms with E-state index in [9.17, 15) is 0 Å². The minimum atomic E-state index is 0. The number of hydrogen-bond donors (Lipinski definition) is 0. The van der Waals surface area contributed by atoms with Gasteiger partial charge in [0.25, 0.3) is 0 Å². The van der Waals surface area contributed by atoms with Gasteiger partial charge in [-0.3, -0.25) is 0 Å². The Morgan fingerprint density at radius 2 is 1.21 bits per heavy atom. The molecule has 0 aliphatic heterocycles. The number of hydrogen-bond acceptors (Lipinski definition) is 0. The second kappa shape index (κ2) is 16.3. The number of rotatable bonds is 10. The SMILES string of the molecule is CCCCCCCCC[CH2][Al+][CH2]C.[Cl-]. The smallest absolute Gasteiger partial charge is 1.00 e. The van der Waals surface area contributed by atoms with Gasteiger partial charge in [-0.15, -0.1) is 0 Å². The average Bonchev–Trinajstić information content (AvgIpc) is 2.16. The van der Waals surface area contributed by atoms with Crippen LogP contribution in [-0.2, 0) is 0 Å². The van der Waals surface area contributed by atoms with E-state index in [1.807, 2.05) is 0 Å². The Morgan fingerprint density at radius 1 is 0.714 bits per heavy atom. The number of unbranched alkanes of at least 4 members (excludes halogenated alkanes) is 7. The van der Waals surface area contributed by atoms with Crippen LogP contribution in [0.2, 0.25) is 10.6 Å². The molecule has 0 aromatic rings. The Bertz CT molecular complexity index is 76.4. The quantitative estimate of drug-likeness (QED) is 0.397. The van der Waals surface area contributed by atoms with Crippen molar-refractivity contribution in [3.05, 3.63) is 0 Å². The summed E-state index contributed by atoms with van der Waals surface area (Å²) in [5.41, 5.74) is 0. The van der Waals surface area contributed by atoms with Gasteiger partial charge in [0, 0.05) is 0 Å². The maximum absolute atomic E-state index is 2.32. The molecule has 84 valence electrons. The molecule has 0 aromatic heterocycles. The summed E-state index contributed by atoms with van der Waals surface area (Å²) in [7, 11) is 0. The first-order valence-corrected chi connectivity index (χ1v) is 7.86. The number of halogens is 1. The van der Waals surface area contributed by atoms with Crippen molar-refractivity contribution < 1.29 is 12.4 Å². The van der Waals surface area contributed by atoms with Crippen molar-refractivity contribution in [2.24, 2.45) is 0 Å². The van der Waals surface area contributed by atoms with Crippen LogP contribution in [0.5, 0.6) is 0 Å². The molecule has 0 atom stereocenters. The van der Waals surface area contributed by atoms with E-state index in [-0.39, 0.29) is 12.4 Å². The standard InChI is InChI=1S/C10H21.C2H5.Al.ClH/c1-3-5-7-9-10-8-6-4-2;1-2;;/h1,3-10H2,2H3;1H2,2H3;;1H/q;;+1;/p-1. The molecule has 0 saturated carbocycles. The summed E-state index contributed by atoms with van der Waals surface area (Å²) in [6, 6.07) is 0. The third-order valence-electron chi connectivity index (χ3n) is 2.55. The molecule has 0 bridgehead atoms. The van der Waals surface area contributed by atoms with Crippen LogP contribution in [0.3, 0.4) is 0 Å². The molecule has 0 amide bonds. The van der Waals surface area contributed by atoms with Gasteiger partial charge in [0.15, 0.2) is 0 Å². The van der Waals surface area contributed by atoms with Gasteiger partial charge in [-0.2, -0.15) is 0 Å². The fraction of sp³-hybridized carbons (Fsp3) is 1.00. The van der Waals surface area contributed by atoms with Crippen LogP contribution < -0.4 is 12.4 Å². The third-order valence-corrected chi connectivity index (χ3v) is 3.94. The summed E-state index contributed by atoms with van der Waals surface area (Å²) < 4.78 is 0. The molecule has 0 unspecified atom stereocenters. The van der Waals surface area contributed by atoms with Crippen LogP contribution in [-0.4, -0.2) is 15.2 Å². The fourth-order valence-electron chi connectivity index (χ4n) is 1.63. The maximum Gasteiger partial charge on any atom is -1.00 e. The minimum Gasteiger partial charge on any atom is -1.00 e. The molecule has 0 aliphatic rings. The predicted octanol–water partition coefficient (Wildman–Crippen LogP) is 1.69. The first kappa shape index (κ1) is 17.2. The normalized spacial score (nSPS) is 9.29. The first-order chi connectivity index (χ1) is 6.41. The van der Waals surface area contributed by atoms with Crippen molar-refractivity contribution in [1.29, 1.82) is 0 Å². The molecule has 0 nitrogen and oxygen atoms in total. The summed E-state index contributed by atoms with van der Waals surface area (Å²) in [5.74, 6) is 0.